The highest BCUT2D eigenvalue weighted by atomic mass is 16.2. The minimum Gasteiger partial charge on any atom is -0.338 e. The van der Waals surface area contributed by atoms with E-state index >= 15 is 0 Å². The highest BCUT2D eigenvalue weighted by Gasteiger charge is 2.28. The van der Waals surface area contributed by atoms with Crippen LogP contribution in [-0.2, 0) is 4.79 Å². The Morgan fingerprint density at radius 3 is 2.15 bits per heavy atom. The molecule has 0 bridgehead atoms. The third-order valence-corrected chi connectivity index (χ3v) is 5.25. The number of nitrogens with one attached hydrogen (secondary N) is 1. The molecule has 6 heteroatoms. The van der Waals surface area contributed by atoms with Crippen LogP contribution < -0.4 is 5.32 Å². The second kappa shape index (κ2) is 8.54. The first-order chi connectivity index (χ1) is 12.5. The van der Waals surface area contributed by atoms with Crippen molar-refractivity contribution in [3.63, 3.8) is 0 Å². The molecule has 2 fully saturated rings. The Kier molecular flexibility index (Phi) is 6.14. The summed E-state index contributed by atoms with van der Waals surface area (Å²) >= 11 is 0. The predicted molar refractivity (Wildman–Crippen MR) is 103 cm³/mol. The molecular formula is C20H30N4O2. The van der Waals surface area contributed by atoms with Crippen LogP contribution in [0.25, 0.3) is 0 Å². The summed E-state index contributed by atoms with van der Waals surface area (Å²) in [7, 11) is 0. The third kappa shape index (κ3) is 4.97. The van der Waals surface area contributed by atoms with E-state index in [1.54, 1.807) is 4.90 Å². The summed E-state index contributed by atoms with van der Waals surface area (Å²) in [5, 5.41) is 2.91. The van der Waals surface area contributed by atoms with E-state index in [1.807, 2.05) is 35.2 Å². The fourth-order valence-corrected chi connectivity index (χ4v) is 4.10. The number of hydrogen-bond donors (Lipinski definition) is 1. The molecule has 2 atom stereocenters. The number of benzene rings is 1. The molecule has 2 heterocycles. The number of urea groups is 1. The van der Waals surface area contributed by atoms with E-state index in [0.29, 0.717) is 44.6 Å². The van der Waals surface area contributed by atoms with Crippen molar-refractivity contribution < 1.29 is 9.59 Å². The maximum Gasteiger partial charge on any atom is 0.321 e. The van der Waals surface area contributed by atoms with Gasteiger partial charge in [-0.25, -0.2) is 4.79 Å². The van der Waals surface area contributed by atoms with E-state index < -0.39 is 0 Å². The van der Waals surface area contributed by atoms with Gasteiger partial charge in [-0.2, -0.15) is 0 Å². The molecule has 142 valence electrons. The molecule has 0 aromatic heterocycles. The topological polar surface area (TPSA) is 55.9 Å². The standard InChI is InChI=1S/C20H30N4O2/c1-16-12-17(2)14-22(13-16)15-19(25)23-8-10-24(11-9-23)20(26)21-18-6-4-3-5-7-18/h3-7,16-17H,8-15H2,1-2H3,(H,21,26). The lowest BCUT2D eigenvalue weighted by molar-refractivity contribution is -0.134. The van der Waals surface area contributed by atoms with Gasteiger partial charge >= 0.3 is 6.03 Å². The summed E-state index contributed by atoms with van der Waals surface area (Å²) in [6.07, 6.45) is 1.25. The molecule has 1 aromatic carbocycles. The van der Waals surface area contributed by atoms with Gasteiger partial charge in [-0.1, -0.05) is 32.0 Å². The second-order valence-corrected chi connectivity index (χ2v) is 7.80. The van der Waals surface area contributed by atoms with Gasteiger partial charge < -0.3 is 15.1 Å². The number of carbonyl (C=O) groups is 2. The summed E-state index contributed by atoms with van der Waals surface area (Å²) < 4.78 is 0. The zero-order valence-electron chi connectivity index (χ0n) is 15.9. The predicted octanol–water partition coefficient (Wildman–Crippen LogP) is 2.34. The molecule has 2 aliphatic rings. The first-order valence-corrected chi connectivity index (χ1v) is 9.62. The normalized spacial score (nSPS) is 24.4. The maximum absolute atomic E-state index is 12.6. The molecule has 1 N–H and O–H groups in total. The number of carbonyl (C=O) groups excluding carboxylic acids is 2. The van der Waals surface area contributed by atoms with Crippen molar-refractivity contribution in [2.24, 2.45) is 11.8 Å². The summed E-state index contributed by atoms with van der Waals surface area (Å²) in [4.78, 5) is 30.9. The van der Waals surface area contributed by atoms with Crippen molar-refractivity contribution in [3.05, 3.63) is 30.3 Å². The lowest BCUT2D eigenvalue weighted by Gasteiger charge is -2.38. The van der Waals surface area contributed by atoms with Gasteiger partial charge in [0.2, 0.25) is 5.91 Å². The van der Waals surface area contributed by atoms with Crippen LogP contribution in [0.2, 0.25) is 0 Å². The maximum atomic E-state index is 12.6. The van der Waals surface area contributed by atoms with E-state index in [0.717, 1.165) is 18.8 Å². The van der Waals surface area contributed by atoms with E-state index in [2.05, 4.69) is 24.1 Å². The smallest absolute Gasteiger partial charge is 0.321 e. The molecule has 3 amide bonds. The zero-order chi connectivity index (χ0) is 18.5. The van der Waals surface area contributed by atoms with Crippen LogP contribution in [0.1, 0.15) is 20.3 Å². The van der Waals surface area contributed by atoms with Crippen molar-refractivity contribution in [2.45, 2.75) is 20.3 Å². The highest BCUT2D eigenvalue weighted by molar-refractivity contribution is 5.89. The second-order valence-electron chi connectivity index (χ2n) is 7.80. The van der Waals surface area contributed by atoms with Crippen molar-refractivity contribution in [1.29, 1.82) is 0 Å². The summed E-state index contributed by atoms with van der Waals surface area (Å²) in [5.41, 5.74) is 0.796. The first kappa shape index (κ1) is 18.7. The van der Waals surface area contributed by atoms with Crippen LogP contribution in [0.4, 0.5) is 10.5 Å². The quantitative estimate of drug-likeness (QED) is 0.902. The van der Waals surface area contributed by atoms with Crippen molar-refractivity contribution in [2.75, 3.05) is 51.1 Å². The number of likely N-dealkylation sites (tertiary alicyclic amines) is 1. The van der Waals surface area contributed by atoms with Crippen LogP contribution in [0.15, 0.2) is 30.3 Å². The lowest BCUT2D eigenvalue weighted by atomic mass is 9.92. The van der Waals surface area contributed by atoms with Crippen LogP contribution in [0.5, 0.6) is 0 Å². The van der Waals surface area contributed by atoms with Crippen LogP contribution in [0.3, 0.4) is 0 Å². The molecule has 6 nitrogen and oxygen atoms in total. The molecule has 0 saturated carbocycles. The van der Waals surface area contributed by atoms with Gasteiger partial charge in [-0.3, -0.25) is 9.69 Å². The zero-order valence-corrected chi connectivity index (χ0v) is 15.9. The minimum absolute atomic E-state index is 0.0954. The largest absolute Gasteiger partial charge is 0.338 e. The number of hydrogen-bond acceptors (Lipinski definition) is 3. The van der Waals surface area contributed by atoms with Gasteiger partial charge in [-0.15, -0.1) is 0 Å². The van der Waals surface area contributed by atoms with Crippen molar-refractivity contribution >= 4 is 17.6 Å². The molecular weight excluding hydrogens is 328 g/mol. The fraction of sp³-hybridized carbons (Fsp3) is 0.600. The average molecular weight is 358 g/mol. The van der Waals surface area contributed by atoms with Gasteiger partial charge in [0, 0.05) is 45.0 Å². The highest BCUT2D eigenvalue weighted by Crippen LogP contribution is 2.21. The molecule has 26 heavy (non-hydrogen) atoms. The van der Waals surface area contributed by atoms with Gasteiger partial charge in [0.25, 0.3) is 0 Å². The molecule has 2 aliphatic heterocycles. The minimum atomic E-state index is -0.0954. The number of amides is 3. The van der Waals surface area contributed by atoms with E-state index in [-0.39, 0.29) is 11.9 Å². The number of nitrogens with zero attached hydrogens (tertiary/aromatic N) is 3. The lowest BCUT2D eigenvalue weighted by Crippen LogP contribution is -2.54. The molecule has 0 radical (unpaired) electrons. The average Bonchev–Trinajstić information content (AvgIpc) is 2.62. The number of piperazine rings is 1. The summed E-state index contributed by atoms with van der Waals surface area (Å²) in [5.74, 6) is 1.50. The number of para-hydroxylation sites is 1. The van der Waals surface area contributed by atoms with E-state index in [1.165, 1.54) is 6.42 Å². The Labute approximate surface area is 156 Å². The van der Waals surface area contributed by atoms with E-state index in [4.69, 9.17) is 0 Å². The van der Waals surface area contributed by atoms with E-state index in [9.17, 15) is 9.59 Å². The first-order valence-electron chi connectivity index (χ1n) is 9.62. The van der Waals surface area contributed by atoms with Gasteiger partial charge in [0.15, 0.2) is 0 Å². The number of anilines is 1. The van der Waals surface area contributed by atoms with Gasteiger partial charge in [-0.05, 0) is 30.4 Å². The number of rotatable bonds is 3. The SMILES string of the molecule is CC1CC(C)CN(CC(=O)N2CCN(C(=O)Nc3ccccc3)CC2)C1. The Morgan fingerprint density at radius 1 is 0.962 bits per heavy atom. The van der Waals surface area contributed by atoms with Crippen LogP contribution >= 0.6 is 0 Å². The van der Waals surface area contributed by atoms with Gasteiger partial charge in [0.05, 0.1) is 6.54 Å². The fourth-order valence-electron chi connectivity index (χ4n) is 4.10. The van der Waals surface area contributed by atoms with Crippen LogP contribution in [-0.4, -0.2) is 72.5 Å². The molecule has 1 aromatic rings. The van der Waals surface area contributed by atoms with Crippen molar-refractivity contribution in [3.8, 4) is 0 Å². The summed E-state index contributed by atoms with van der Waals surface area (Å²) in [6.45, 7) is 9.43. The Hall–Kier alpha value is -2.08. The molecule has 2 unspecified atom stereocenters. The molecule has 2 saturated heterocycles. The molecule has 3 rings (SSSR count). The molecule has 0 spiro atoms. The number of piperidine rings is 1. The monoisotopic (exact) mass is 358 g/mol. The van der Waals surface area contributed by atoms with Gasteiger partial charge in [0.1, 0.15) is 0 Å². The Morgan fingerprint density at radius 2 is 1.54 bits per heavy atom. The Bertz CT molecular complexity index is 603. The molecule has 0 aliphatic carbocycles. The summed E-state index contributed by atoms with van der Waals surface area (Å²) in [6, 6.07) is 9.37. The van der Waals surface area contributed by atoms with Crippen molar-refractivity contribution in [1.82, 2.24) is 14.7 Å². The van der Waals surface area contributed by atoms with Crippen LogP contribution in [0, 0.1) is 11.8 Å². The Balaban J connectivity index is 1.44. The third-order valence-electron chi connectivity index (χ3n) is 5.25.